The maximum atomic E-state index is 10.9. The van der Waals surface area contributed by atoms with Gasteiger partial charge in [-0.3, -0.25) is 0 Å². The summed E-state index contributed by atoms with van der Waals surface area (Å²) in [6, 6.07) is 11.2. The Morgan fingerprint density at radius 1 is 1.11 bits per heavy atom. The Labute approximate surface area is 104 Å². The van der Waals surface area contributed by atoms with Crippen LogP contribution in [0.1, 0.15) is 15.9 Å². The van der Waals surface area contributed by atoms with Gasteiger partial charge in [0.1, 0.15) is 5.75 Å². The number of rotatable bonds is 3. The van der Waals surface area contributed by atoms with E-state index in [0.29, 0.717) is 16.7 Å². The summed E-state index contributed by atoms with van der Waals surface area (Å²) >= 11 is 0. The van der Waals surface area contributed by atoms with Gasteiger partial charge in [-0.25, -0.2) is 4.79 Å². The van der Waals surface area contributed by atoms with Crippen molar-refractivity contribution in [2.24, 2.45) is 0 Å². The molecule has 4 heteroatoms. The summed E-state index contributed by atoms with van der Waals surface area (Å²) in [5, 5.41) is 27.7. The van der Waals surface area contributed by atoms with Gasteiger partial charge in [0.05, 0.1) is 12.2 Å². The fourth-order valence-corrected chi connectivity index (χ4v) is 1.83. The van der Waals surface area contributed by atoms with Gasteiger partial charge in [-0.1, -0.05) is 24.3 Å². The summed E-state index contributed by atoms with van der Waals surface area (Å²) in [5.74, 6) is -1.22. The Morgan fingerprint density at radius 3 is 2.50 bits per heavy atom. The largest absolute Gasteiger partial charge is 0.508 e. The maximum Gasteiger partial charge on any atom is 0.335 e. The van der Waals surface area contributed by atoms with Crippen molar-refractivity contribution in [2.45, 2.75) is 6.61 Å². The van der Waals surface area contributed by atoms with Crippen molar-refractivity contribution in [3.8, 4) is 16.9 Å². The van der Waals surface area contributed by atoms with E-state index in [0.717, 1.165) is 0 Å². The fraction of sp³-hybridized carbons (Fsp3) is 0.0714. The number of aliphatic hydroxyl groups excluding tert-OH is 1. The second-order valence-corrected chi connectivity index (χ2v) is 3.89. The second kappa shape index (κ2) is 4.89. The summed E-state index contributed by atoms with van der Waals surface area (Å²) in [6.45, 7) is -0.145. The van der Waals surface area contributed by atoms with Crippen LogP contribution in [0.4, 0.5) is 0 Å². The molecular formula is C14H12O4. The first-order valence-electron chi connectivity index (χ1n) is 5.38. The first kappa shape index (κ1) is 12.1. The lowest BCUT2D eigenvalue weighted by Gasteiger charge is -2.09. The van der Waals surface area contributed by atoms with Crippen LogP contribution in [0.3, 0.4) is 0 Å². The summed E-state index contributed by atoms with van der Waals surface area (Å²) in [4.78, 5) is 10.9. The van der Waals surface area contributed by atoms with Crippen molar-refractivity contribution in [3.05, 3.63) is 53.6 Å². The molecule has 2 aromatic carbocycles. The minimum atomic E-state index is -1.10. The summed E-state index contributed by atoms with van der Waals surface area (Å²) < 4.78 is 0. The van der Waals surface area contributed by atoms with Crippen LogP contribution in [-0.2, 0) is 6.61 Å². The Hall–Kier alpha value is -2.33. The van der Waals surface area contributed by atoms with Crippen LogP contribution in [0.25, 0.3) is 11.1 Å². The first-order valence-corrected chi connectivity index (χ1v) is 5.38. The predicted octanol–water partition coefficient (Wildman–Crippen LogP) is 2.25. The highest BCUT2D eigenvalue weighted by atomic mass is 16.4. The van der Waals surface area contributed by atoms with E-state index < -0.39 is 5.97 Å². The molecule has 0 atom stereocenters. The number of carboxylic acid groups (broad SMARTS) is 1. The molecular weight excluding hydrogens is 232 g/mol. The fourth-order valence-electron chi connectivity index (χ4n) is 1.83. The molecule has 18 heavy (non-hydrogen) atoms. The van der Waals surface area contributed by atoms with Crippen LogP contribution in [0.2, 0.25) is 0 Å². The highest BCUT2D eigenvalue weighted by Crippen LogP contribution is 2.28. The van der Waals surface area contributed by atoms with E-state index in [1.807, 2.05) is 0 Å². The van der Waals surface area contributed by atoms with E-state index in [-0.39, 0.29) is 17.9 Å². The zero-order valence-corrected chi connectivity index (χ0v) is 9.50. The van der Waals surface area contributed by atoms with Crippen LogP contribution < -0.4 is 0 Å². The normalized spacial score (nSPS) is 10.3. The van der Waals surface area contributed by atoms with Crippen LogP contribution in [0.15, 0.2) is 42.5 Å². The topological polar surface area (TPSA) is 77.8 Å². The molecule has 0 heterocycles. The molecule has 0 aliphatic rings. The van der Waals surface area contributed by atoms with Crippen molar-refractivity contribution in [3.63, 3.8) is 0 Å². The standard InChI is InChI=1S/C14H12O4/c15-8-9-3-1-2-4-13(9)10-5-11(14(17)18)7-12(16)6-10/h1-7,15-16H,8H2,(H,17,18). The number of aliphatic hydroxyl groups is 1. The monoisotopic (exact) mass is 244 g/mol. The number of phenols is 1. The van der Waals surface area contributed by atoms with Gasteiger partial charge >= 0.3 is 5.97 Å². The Morgan fingerprint density at radius 2 is 1.83 bits per heavy atom. The molecule has 0 fully saturated rings. The third kappa shape index (κ3) is 2.33. The smallest absolute Gasteiger partial charge is 0.335 e. The lowest BCUT2D eigenvalue weighted by Crippen LogP contribution is -1.97. The first-order chi connectivity index (χ1) is 8.61. The van der Waals surface area contributed by atoms with E-state index in [1.165, 1.54) is 18.2 Å². The molecule has 2 rings (SSSR count). The molecule has 0 aromatic heterocycles. The molecule has 0 aliphatic heterocycles. The molecule has 2 aromatic rings. The average molecular weight is 244 g/mol. The minimum Gasteiger partial charge on any atom is -0.508 e. The predicted molar refractivity (Wildman–Crippen MR) is 66.4 cm³/mol. The van der Waals surface area contributed by atoms with Crippen LogP contribution in [-0.4, -0.2) is 21.3 Å². The van der Waals surface area contributed by atoms with Gasteiger partial charge in [0.2, 0.25) is 0 Å². The summed E-state index contributed by atoms with van der Waals surface area (Å²) in [5.41, 5.74) is 1.97. The van der Waals surface area contributed by atoms with Crippen molar-refractivity contribution in [2.75, 3.05) is 0 Å². The third-order valence-corrected chi connectivity index (χ3v) is 2.66. The lowest BCUT2D eigenvalue weighted by atomic mass is 9.98. The SMILES string of the molecule is O=C(O)c1cc(O)cc(-c2ccccc2CO)c1. The van der Waals surface area contributed by atoms with Crippen LogP contribution in [0, 0.1) is 0 Å². The zero-order valence-electron chi connectivity index (χ0n) is 9.50. The molecule has 0 saturated heterocycles. The number of hydrogen-bond acceptors (Lipinski definition) is 3. The molecule has 0 bridgehead atoms. The summed E-state index contributed by atoms with van der Waals surface area (Å²) in [6.07, 6.45) is 0. The van der Waals surface area contributed by atoms with Gasteiger partial charge in [0.15, 0.2) is 0 Å². The van der Waals surface area contributed by atoms with Crippen LogP contribution in [0.5, 0.6) is 5.75 Å². The zero-order chi connectivity index (χ0) is 13.1. The maximum absolute atomic E-state index is 10.9. The molecule has 0 unspecified atom stereocenters. The Bertz CT molecular complexity index is 590. The Kier molecular flexibility index (Phi) is 3.30. The highest BCUT2D eigenvalue weighted by molar-refractivity contribution is 5.90. The van der Waals surface area contributed by atoms with Gasteiger partial charge in [0.25, 0.3) is 0 Å². The molecule has 0 radical (unpaired) electrons. The Balaban J connectivity index is 2.60. The highest BCUT2D eigenvalue weighted by Gasteiger charge is 2.10. The average Bonchev–Trinajstić information content (AvgIpc) is 2.38. The number of benzene rings is 2. The number of aromatic carboxylic acids is 1. The molecule has 3 N–H and O–H groups in total. The quantitative estimate of drug-likeness (QED) is 0.773. The van der Waals surface area contributed by atoms with Crippen molar-refractivity contribution < 1.29 is 20.1 Å². The van der Waals surface area contributed by atoms with Crippen LogP contribution >= 0.6 is 0 Å². The van der Waals surface area contributed by atoms with Crippen molar-refractivity contribution in [1.29, 1.82) is 0 Å². The van der Waals surface area contributed by atoms with E-state index >= 15 is 0 Å². The second-order valence-electron chi connectivity index (χ2n) is 3.89. The third-order valence-electron chi connectivity index (χ3n) is 2.66. The number of aromatic hydroxyl groups is 1. The number of phenolic OH excluding ortho intramolecular Hbond substituents is 1. The molecule has 0 aliphatic carbocycles. The summed E-state index contributed by atoms with van der Waals surface area (Å²) in [7, 11) is 0. The van der Waals surface area contributed by atoms with Gasteiger partial charge < -0.3 is 15.3 Å². The van der Waals surface area contributed by atoms with E-state index in [1.54, 1.807) is 24.3 Å². The molecule has 4 nitrogen and oxygen atoms in total. The molecule has 0 saturated carbocycles. The lowest BCUT2D eigenvalue weighted by molar-refractivity contribution is 0.0696. The number of carboxylic acids is 1. The number of carbonyl (C=O) groups is 1. The van der Waals surface area contributed by atoms with E-state index in [9.17, 15) is 15.0 Å². The molecule has 92 valence electrons. The number of hydrogen-bond donors (Lipinski definition) is 3. The van der Waals surface area contributed by atoms with Gasteiger partial charge in [-0.05, 0) is 34.9 Å². The minimum absolute atomic E-state index is 0.0118. The molecule has 0 amide bonds. The van der Waals surface area contributed by atoms with Gasteiger partial charge in [-0.15, -0.1) is 0 Å². The van der Waals surface area contributed by atoms with E-state index in [2.05, 4.69) is 0 Å². The van der Waals surface area contributed by atoms with E-state index in [4.69, 9.17) is 5.11 Å². The van der Waals surface area contributed by atoms with Gasteiger partial charge in [0, 0.05) is 0 Å². The van der Waals surface area contributed by atoms with Gasteiger partial charge in [-0.2, -0.15) is 0 Å². The van der Waals surface area contributed by atoms with Crippen molar-refractivity contribution >= 4 is 5.97 Å². The van der Waals surface area contributed by atoms with Crippen molar-refractivity contribution in [1.82, 2.24) is 0 Å². The molecule has 0 spiro atoms.